The minimum absolute atomic E-state index is 0. The molecule has 0 saturated carbocycles. The van der Waals surface area contributed by atoms with Crippen molar-refractivity contribution in [1.82, 2.24) is 34.8 Å². The molecule has 0 radical (unpaired) electrons. The summed E-state index contributed by atoms with van der Waals surface area (Å²) in [7, 11) is 0. The molecule has 5 aromatic heterocycles. The van der Waals surface area contributed by atoms with Crippen molar-refractivity contribution in [3.63, 3.8) is 0 Å². The first-order valence-corrected chi connectivity index (χ1v) is 23.0. The number of piperidine rings is 1. The molecule has 13 nitrogen and oxygen atoms in total. The first-order valence-electron chi connectivity index (χ1n) is 21.7. The monoisotopic (exact) mass is 975 g/mol. The predicted octanol–water partition coefficient (Wildman–Crippen LogP) is 10.5. The molecule has 6 heterocycles. The van der Waals surface area contributed by atoms with E-state index in [0.717, 1.165) is 116 Å². The van der Waals surface area contributed by atoms with Crippen molar-refractivity contribution in [2.75, 3.05) is 86.2 Å². The van der Waals surface area contributed by atoms with Gasteiger partial charge < -0.3 is 36.0 Å². The number of benzene rings is 2. The Balaban J connectivity index is 0.000000330. The minimum atomic E-state index is 0. The molecule has 66 heavy (non-hydrogen) atoms. The Kier molecular flexibility index (Phi) is 25.9. The van der Waals surface area contributed by atoms with Gasteiger partial charge in [-0.2, -0.15) is 0 Å². The summed E-state index contributed by atoms with van der Waals surface area (Å²) < 4.78 is 6.19. The Labute approximate surface area is 411 Å². The number of hydrogen-bond acceptors (Lipinski definition) is 13. The Morgan fingerprint density at radius 1 is 0.652 bits per heavy atom. The summed E-state index contributed by atoms with van der Waals surface area (Å²) in [5.74, 6) is 2.78. The van der Waals surface area contributed by atoms with E-state index in [-0.39, 0.29) is 25.7 Å². The molecule has 8 rings (SSSR count). The van der Waals surface area contributed by atoms with Gasteiger partial charge in [0.05, 0.1) is 18.7 Å². The maximum Gasteiger partial charge on any atom is 0.224 e. The van der Waals surface area contributed by atoms with E-state index in [9.17, 15) is 0 Å². The topological polar surface area (TPSA) is 158 Å². The second-order valence-corrected chi connectivity index (χ2v) is 15.9. The fraction of sp³-hybridized carbons (Fsp3) is 0.306. The number of aromatic nitrogens is 6. The SMILES string of the molecule is Cl.ClCCNc1ccncc1.Clc1ccncc1.Clc1nc(NCCCc2ccccc2)c2ccc(OCC3CCN(CCNc4ccncc4)CC3)cc2n1.OCCNc1ccncc1.[HH]. The van der Waals surface area contributed by atoms with Crippen molar-refractivity contribution < 1.29 is 11.3 Å². The van der Waals surface area contributed by atoms with E-state index < -0.39 is 0 Å². The van der Waals surface area contributed by atoms with Gasteiger partial charge in [0.2, 0.25) is 5.28 Å². The number of aliphatic hydroxyl groups excluding tert-OH is 1. The molecule has 7 aromatic rings. The van der Waals surface area contributed by atoms with Gasteiger partial charge in [-0.3, -0.25) is 19.9 Å². The molecule has 0 atom stereocenters. The fourth-order valence-corrected chi connectivity index (χ4v) is 6.92. The van der Waals surface area contributed by atoms with Crippen LogP contribution in [0.5, 0.6) is 5.75 Å². The molecule has 17 heteroatoms. The summed E-state index contributed by atoms with van der Waals surface area (Å²) in [5, 5.41) is 23.4. The molecule has 0 unspecified atom stereocenters. The van der Waals surface area contributed by atoms with Crippen LogP contribution in [0.4, 0.5) is 22.9 Å². The van der Waals surface area contributed by atoms with Crippen molar-refractivity contribution in [3.8, 4) is 5.75 Å². The number of ether oxygens (including phenoxy) is 1. The summed E-state index contributed by atoms with van der Waals surface area (Å²) in [6, 6.07) is 31.5. The number of rotatable bonds is 18. The molecular formula is C49H61Cl4N11O2. The van der Waals surface area contributed by atoms with E-state index in [1.54, 1.807) is 49.3 Å². The van der Waals surface area contributed by atoms with Gasteiger partial charge in [-0.1, -0.05) is 41.9 Å². The smallest absolute Gasteiger partial charge is 0.224 e. The number of anilines is 4. The van der Waals surface area contributed by atoms with Gasteiger partial charge in [0.25, 0.3) is 0 Å². The Morgan fingerprint density at radius 3 is 1.76 bits per heavy atom. The highest BCUT2D eigenvalue weighted by atomic mass is 35.5. The van der Waals surface area contributed by atoms with Crippen molar-refractivity contribution in [3.05, 3.63) is 163 Å². The molecule has 0 spiro atoms. The molecule has 1 aliphatic rings. The van der Waals surface area contributed by atoms with Gasteiger partial charge in [0.15, 0.2) is 0 Å². The van der Waals surface area contributed by atoms with Crippen molar-refractivity contribution in [1.29, 1.82) is 0 Å². The van der Waals surface area contributed by atoms with Crippen LogP contribution >= 0.6 is 47.2 Å². The van der Waals surface area contributed by atoms with Crippen LogP contribution in [-0.4, -0.2) is 105 Å². The molecule has 1 aliphatic heterocycles. The molecule has 0 bridgehead atoms. The second-order valence-electron chi connectivity index (χ2n) is 14.7. The maximum absolute atomic E-state index is 8.45. The van der Waals surface area contributed by atoms with Crippen molar-refractivity contribution in [2.45, 2.75) is 25.7 Å². The molecule has 1 fully saturated rings. The van der Waals surface area contributed by atoms with E-state index in [1.807, 2.05) is 73.1 Å². The third-order valence-electron chi connectivity index (χ3n) is 9.91. The highest BCUT2D eigenvalue weighted by Crippen LogP contribution is 2.27. The summed E-state index contributed by atoms with van der Waals surface area (Å²) in [5.41, 5.74) is 5.31. The van der Waals surface area contributed by atoms with Crippen LogP contribution in [0.15, 0.2) is 147 Å². The number of pyridine rings is 4. The van der Waals surface area contributed by atoms with Crippen LogP contribution in [0.25, 0.3) is 10.9 Å². The van der Waals surface area contributed by atoms with Gasteiger partial charge in [-0.15, -0.1) is 24.0 Å². The van der Waals surface area contributed by atoms with Crippen molar-refractivity contribution >= 4 is 81.0 Å². The molecule has 2 aromatic carbocycles. The number of nitrogens with one attached hydrogen (secondary N) is 4. The number of alkyl halides is 1. The normalized spacial score (nSPS) is 12.1. The summed E-state index contributed by atoms with van der Waals surface area (Å²) >= 11 is 17.2. The molecule has 352 valence electrons. The van der Waals surface area contributed by atoms with E-state index >= 15 is 0 Å². The van der Waals surface area contributed by atoms with Crippen LogP contribution in [0.2, 0.25) is 10.3 Å². The molecular weight excluding hydrogens is 916 g/mol. The molecule has 0 aliphatic carbocycles. The maximum atomic E-state index is 8.45. The van der Waals surface area contributed by atoms with Crippen LogP contribution < -0.4 is 26.0 Å². The lowest BCUT2D eigenvalue weighted by molar-refractivity contribution is 0.145. The number of likely N-dealkylation sites (tertiary alicyclic amines) is 1. The lowest BCUT2D eigenvalue weighted by atomic mass is 9.98. The molecule has 0 amide bonds. The quantitative estimate of drug-likeness (QED) is 0.0315. The minimum Gasteiger partial charge on any atom is -0.493 e. The third-order valence-corrected chi connectivity index (χ3v) is 10.5. The Morgan fingerprint density at radius 2 is 1.21 bits per heavy atom. The highest BCUT2D eigenvalue weighted by Gasteiger charge is 2.20. The Hall–Kier alpha value is -5.54. The van der Waals surface area contributed by atoms with Gasteiger partial charge in [-0.05, 0) is 123 Å². The first kappa shape index (κ1) is 53.1. The standard InChI is InChI=1S/C30H35ClN6O.C7H9ClN2.C7H10N2O.C5H4ClN.ClH.H2/c31-30-35-28-21-26(8-9-27(28)29(36-30)34-14-4-7-23-5-2-1-3-6-23)38-22-24-12-18-37(19-13-24)20-17-33-25-10-15-32-16-11-25;8-3-6-10-7-1-4-9-5-2-7;10-6-5-9-7-1-3-8-4-2-7;6-5-1-3-7-4-2-5;;/h1-3,5-6,8-11,15-16,21,24H,4,7,12-14,17-20,22H2,(H,32,33)(H,34,35,36);1-2,4-5H,3,6H2,(H,9,10);1-4,10H,5-6H2,(H,8,9);1-4H;2*1H. The van der Waals surface area contributed by atoms with E-state index in [1.165, 1.54) is 5.56 Å². The van der Waals surface area contributed by atoms with Gasteiger partial charge in [0, 0.05) is 123 Å². The van der Waals surface area contributed by atoms with Crippen LogP contribution in [0.3, 0.4) is 0 Å². The fourth-order valence-electron chi connectivity index (χ4n) is 6.53. The Bertz CT molecular complexity index is 2250. The average molecular weight is 978 g/mol. The van der Waals surface area contributed by atoms with Crippen molar-refractivity contribution in [2.24, 2.45) is 5.92 Å². The number of hydrogen-bond donors (Lipinski definition) is 5. The number of aryl methyl sites for hydroxylation is 1. The third kappa shape index (κ3) is 21.2. The van der Waals surface area contributed by atoms with Gasteiger partial charge in [0.1, 0.15) is 11.6 Å². The van der Waals surface area contributed by atoms with E-state index in [2.05, 4.69) is 80.3 Å². The summed E-state index contributed by atoms with van der Waals surface area (Å²) in [4.78, 5) is 27.0. The first-order chi connectivity index (χ1) is 32.0. The summed E-state index contributed by atoms with van der Waals surface area (Å²) in [6.07, 6.45) is 18.2. The van der Waals surface area contributed by atoms with E-state index in [4.69, 9.17) is 44.6 Å². The second kappa shape index (κ2) is 32.2. The van der Waals surface area contributed by atoms with E-state index in [0.29, 0.717) is 18.3 Å². The van der Waals surface area contributed by atoms with Gasteiger partial charge >= 0.3 is 0 Å². The van der Waals surface area contributed by atoms with Crippen LogP contribution in [-0.2, 0) is 6.42 Å². The molecule has 5 N–H and O–H groups in total. The zero-order valence-electron chi connectivity index (χ0n) is 36.9. The summed E-state index contributed by atoms with van der Waals surface area (Å²) in [6.45, 7) is 7.27. The van der Waals surface area contributed by atoms with Gasteiger partial charge in [-0.25, -0.2) is 9.97 Å². The zero-order valence-corrected chi connectivity index (χ0v) is 39.9. The number of aliphatic hydroxyl groups is 1. The average Bonchev–Trinajstić information content (AvgIpc) is 3.35. The highest BCUT2D eigenvalue weighted by molar-refractivity contribution is 6.30. The lowest BCUT2D eigenvalue weighted by Gasteiger charge is -2.31. The zero-order chi connectivity index (χ0) is 45.6. The molecule has 1 saturated heterocycles. The van der Waals surface area contributed by atoms with Crippen LogP contribution in [0.1, 0.15) is 26.3 Å². The largest absolute Gasteiger partial charge is 0.493 e. The van der Waals surface area contributed by atoms with Crippen LogP contribution in [0, 0.1) is 5.92 Å². The lowest BCUT2D eigenvalue weighted by Crippen LogP contribution is -2.38. The number of nitrogens with zero attached hydrogens (tertiary/aromatic N) is 7. The number of halogens is 4. The predicted molar refractivity (Wildman–Crippen MR) is 277 cm³/mol. The number of fused-ring (bicyclic) bond motifs is 1.